The Balaban J connectivity index is 1.99. The molecule has 134 valence electrons. The van der Waals surface area contributed by atoms with E-state index in [9.17, 15) is 18.8 Å². The number of halogens is 1. The summed E-state index contributed by atoms with van der Waals surface area (Å²) in [4.78, 5) is 38.1. The Morgan fingerprint density at radius 1 is 1.35 bits per heavy atom. The van der Waals surface area contributed by atoms with Gasteiger partial charge in [0, 0.05) is 11.6 Å². The predicted molar refractivity (Wildman–Crippen MR) is 93.5 cm³/mol. The first-order valence-corrected chi connectivity index (χ1v) is 8.56. The van der Waals surface area contributed by atoms with E-state index in [1.165, 1.54) is 25.1 Å². The van der Waals surface area contributed by atoms with E-state index in [4.69, 9.17) is 10.00 Å². The molecule has 1 aromatic carbocycles. The van der Waals surface area contributed by atoms with Crippen LogP contribution in [0.25, 0.3) is 0 Å². The fraction of sp³-hybridized carbons (Fsp3) is 0.222. The number of nitrogens with one attached hydrogen (secondary N) is 1. The van der Waals surface area contributed by atoms with Crippen LogP contribution in [0.5, 0.6) is 0 Å². The van der Waals surface area contributed by atoms with Crippen LogP contribution in [0.1, 0.15) is 28.4 Å². The minimum atomic E-state index is -1.04. The van der Waals surface area contributed by atoms with Crippen molar-refractivity contribution in [2.24, 2.45) is 0 Å². The molecule has 1 N–H and O–H groups in total. The molecule has 0 spiro atoms. The number of pyridine rings is 1. The van der Waals surface area contributed by atoms with Crippen molar-refractivity contribution in [3.63, 3.8) is 0 Å². The number of ketones is 1. The van der Waals surface area contributed by atoms with Crippen molar-refractivity contribution in [3.05, 3.63) is 63.2 Å². The Kier molecular flexibility index (Phi) is 6.31. The first-order valence-electron chi connectivity index (χ1n) is 7.58. The van der Waals surface area contributed by atoms with Crippen LogP contribution in [-0.2, 0) is 9.53 Å². The fourth-order valence-corrected chi connectivity index (χ4v) is 3.02. The van der Waals surface area contributed by atoms with E-state index < -0.39 is 23.7 Å². The van der Waals surface area contributed by atoms with Crippen molar-refractivity contribution in [2.75, 3.05) is 5.75 Å². The molecule has 0 fully saturated rings. The number of benzene rings is 1. The Bertz CT molecular complexity index is 932. The molecular formula is C18H15FN2O4S. The molecule has 2 rings (SSSR count). The molecule has 26 heavy (non-hydrogen) atoms. The monoisotopic (exact) mass is 374 g/mol. The lowest BCUT2D eigenvalue weighted by Crippen LogP contribution is -2.25. The van der Waals surface area contributed by atoms with Gasteiger partial charge in [0.2, 0.25) is 11.3 Å². The van der Waals surface area contributed by atoms with Gasteiger partial charge in [-0.25, -0.2) is 4.39 Å². The molecule has 0 radical (unpaired) electrons. The number of esters is 1. The summed E-state index contributed by atoms with van der Waals surface area (Å²) in [5.74, 6) is -1.79. The molecule has 6 nitrogen and oxygen atoms in total. The summed E-state index contributed by atoms with van der Waals surface area (Å²) in [5, 5.41) is 9.42. The molecule has 0 aliphatic heterocycles. The van der Waals surface area contributed by atoms with Gasteiger partial charge in [-0.3, -0.25) is 14.4 Å². The summed E-state index contributed by atoms with van der Waals surface area (Å²) in [7, 11) is 0. The van der Waals surface area contributed by atoms with E-state index in [1.54, 1.807) is 6.92 Å². The third-order valence-electron chi connectivity index (χ3n) is 3.46. The lowest BCUT2D eigenvalue weighted by Gasteiger charge is -2.12. The summed E-state index contributed by atoms with van der Waals surface area (Å²) < 4.78 is 18.0. The van der Waals surface area contributed by atoms with Gasteiger partial charge in [-0.1, -0.05) is 11.8 Å². The van der Waals surface area contributed by atoms with Gasteiger partial charge in [-0.05, 0) is 43.7 Å². The highest BCUT2D eigenvalue weighted by Crippen LogP contribution is 2.21. The van der Waals surface area contributed by atoms with Crippen molar-refractivity contribution >= 4 is 23.5 Å². The minimum Gasteiger partial charge on any atom is -0.454 e. The van der Waals surface area contributed by atoms with Gasteiger partial charge in [0.1, 0.15) is 11.9 Å². The lowest BCUT2D eigenvalue weighted by atomic mass is 10.1. The predicted octanol–water partition coefficient (Wildman–Crippen LogP) is 2.60. The van der Waals surface area contributed by atoms with Gasteiger partial charge < -0.3 is 9.72 Å². The van der Waals surface area contributed by atoms with E-state index in [2.05, 4.69) is 4.98 Å². The van der Waals surface area contributed by atoms with Gasteiger partial charge in [-0.2, -0.15) is 5.26 Å². The smallest absolute Gasteiger partial charge is 0.317 e. The molecule has 1 atom stereocenters. The minimum absolute atomic E-state index is 0.185. The van der Waals surface area contributed by atoms with E-state index in [1.807, 2.05) is 6.07 Å². The van der Waals surface area contributed by atoms with Gasteiger partial charge in [-0.15, -0.1) is 0 Å². The van der Waals surface area contributed by atoms with Crippen LogP contribution < -0.4 is 5.56 Å². The van der Waals surface area contributed by atoms with Crippen LogP contribution in [0, 0.1) is 24.1 Å². The standard InChI is InChI=1S/C18H15FN2O4S/c1-10-7-15(22)21-18(14(10)8-20)26-9-16(23)25-11(2)17(24)12-3-5-13(19)6-4-12/h3-7,11H,9H2,1-2H3,(H,21,22)/t11-/m0/s1. The molecule has 0 saturated heterocycles. The number of aromatic nitrogens is 1. The first kappa shape index (κ1) is 19.4. The van der Waals surface area contributed by atoms with Gasteiger partial charge in [0.05, 0.1) is 16.3 Å². The normalized spacial score (nSPS) is 11.5. The first-order chi connectivity index (χ1) is 12.3. The van der Waals surface area contributed by atoms with E-state index >= 15 is 0 Å². The quantitative estimate of drug-likeness (QED) is 0.474. The number of hydrogen-bond acceptors (Lipinski definition) is 6. The molecule has 0 amide bonds. The summed E-state index contributed by atoms with van der Waals surface area (Å²) in [6.45, 7) is 3.04. The van der Waals surface area contributed by atoms with Crippen molar-refractivity contribution in [1.29, 1.82) is 5.26 Å². The zero-order chi connectivity index (χ0) is 19.3. The van der Waals surface area contributed by atoms with Crippen LogP contribution in [0.3, 0.4) is 0 Å². The number of carbonyl (C=O) groups is 2. The van der Waals surface area contributed by atoms with Crippen LogP contribution >= 0.6 is 11.8 Å². The number of aromatic amines is 1. The lowest BCUT2D eigenvalue weighted by molar-refractivity contribution is -0.143. The number of Topliss-reactive ketones (excluding diaryl/α,β-unsaturated/α-hetero) is 1. The molecule has 0 unspecified atom stereocenters. The number of rotatable bonds is 6. The molecule has 0 aliphatic rings. The second-order valence-electron chi connectivity index (χ2n) is 5.42. The molecule has 0 saturated carbocycles. The second kappa shape index (κ2) is 8.45. The molecule has 0 aliphatic carbocycles. The number of thioether (sulfide) groups is 1. The third kappa shape index (κ3) is 4.80. The summed E-state index contributed by atoms with van der Waals surface area (Å²) in [6, 6.07) is 8.19. The van der Waals surface area contributed by atoms with Crippen LogP contribution in [0.15, 0.2) is 40.2 Å². The highest BCUT2D eigenvalue weighted by molar-refractivity contribution is 7.99. The second-order valence-corrected chi connectivity index (χ2v) is 6.41. The molecule has 0 bridgehead atoms. The summed E-state index contributed by atoms with van der Waals surface area (Å²) in [6.07, 6.45) is -1.04. The average Bonchev–Trinajstić information content (AvgIpc) is 2.59. The SMILES string of the molecule is Cc1cc(=O)[nH]c(SCC(=O)O[C@@H](C)C(=O)c2ccc(F)cc2)c1C#N. The fourth-order valence-electron chi connectivity index (χ4n) is 2.17. The van der Waals surface area contributed by atoms with Crippen LogP contribution in [0.2, 0.25) is 0 Å². The number of nitrogens with zero attached hydrogens (tertiary/aromatic N) is 1. The largest absolute Gasteiger partial charge is 0.454 e. The van der Waals surface area contributed by atoms with Gasteiger partial charge in [0.15, 0.2) is 6.10 Å². The van der Waals surface area contributed by atoms with E-state index in [-0.39, 0.29) is 27.5 Å². The van der Waals surface area contributed by atoms with Crippen molar-refractivity contribution in [2.45, 2.75) is 25.0 Å². The number of ether oxygens (including phenoxy) is 1. The van der Waals surface area contributed by atoms with E-state index in [0.29, 0.717) is 5.56 Å². The van der Waals surface area contributed by atoms with Crippen LogP contribution in [0.4, 0.5) is 4.39 Å². The van der Waals surface area contributed by atoms with Crippen molar-refractivity contribution in [3.8, 4) is 6.07 Å². The summed E-state index contributed by atoms with van der Waals surface area (Å²) in [5.41, 5.74) is 0.635. The maximum absolute atomic E-state index is 12.9. The maximum atomic E-state index is 12.9. The number of hydrogen-bond donors (Lipinski definition) is 1. The van der Waals surface area contributed by atoms with Crippen LogP contribution in [-0.4, -0.2) is 28.6 Å². The zero-order valence-electron chi connectivity index (χ0n) is 14.0. The Morgan fingerprint density at radius 2 is 2.00 bits per heavy atom. The van der Waals surface area contributed by atoms with Gasteiger partial charge >= 0.3 is 5.97 Å². The van der Waals surface area contributed by atoms with Crippen molar-refractivity contribution < 1.29 is 18.7 Å². The maximum Gasteiger partial charge on any atom is 0.317 e. The average molecular weight is 374 g/mol. The highest BCUT2D eigenvalue weighted by atomic mass is 32.2. The third-order valence-corrected chi connectivity index (χ3v) is 4.43. The number of aryl methyl sites for hydroxylation is 1. The Morgan fingerprint density at radius 3 is 2.62 bits per heavy atom. The highest BCUT2D eigenvalue weighted by Gasteiger charge is 2.20. The Labute approximate surface area is 153 Å². The van der Waals surface area contributed by atoms with Gasteiger partial charge in [0.25, 0.3) is 0 Å². The molecule has 1 heterocycles. The summed E-state index contributed by atoms with van der Waals surface area (Å²) >= 11 is 0.946. The number of nitriles is 1. The number of H-pyrrole nitrogens is 1. The zero-order valence-corrected chi connectivity index (χ0v) is 14.9. The molecule has 8 heteroatoms. The topological polar surface area (TPSA) is 100 Å². The molecule has 1 aromatic heterocycles. The van der Waals surface area contributed by atoms with Crippen molar-refractivity contribution in [1.82, 2.24) is 4.98 Å². The molecular weight excluding hydrogens is 359 g/mol. The Hall–Kier alpha value is -2.92. The molecule has 2 aromatic rings. The van der Waals surface area contributed by atoms with E-state index in [0.717, 1.165) is 23.9 Å². The number of carbonyl (C=O) groups excluding carboxylic acids is 2.